The minimum Gasteiger partial charge on any atom is -0.496 e. The standard InChI is InChI=1S/C19H24O/c1-13(2)15-10-11-16(18(12-15)14(3)4)17-8-6-7-9-19(17)20-5/h6-14H,1-5H3. The van der Waals surface area contributed by atoms with Crippen molar-refractivity contribution >= 4 is 0 Å². The lowest BCUT2D eigenvalue weighted by Crippen LogP contribution is -1.98. The maximum absolute atomic E-state index is 5.51. The third-order valence-electron chi connectivity index (χ3n) is 3.76. The Bertz CT molecular complexity index is 582. The second kappa shape index (κ2) is 6.13. The van der Waals surface area contributed by atoms with Crippen LogP contribution >= 0.6 is 0 Å². The Kier molecular flexibility index (Phi) is 4.49. The van der Waals surface area contributed by atoms with Crippen molar-refractivity contribution in [1.82, 2.24) is 0 Å². The van der Waals surface area contributed by atoms with Crippen molar-refractivity contribution in [3.63, 3.8) is 0 Å². The van der Waals surface area contributed by atoms with Crippen molar-refractivity contribution in [3.8, 4) is 16.9 Å². The van der Waals surface area contributed by atoms with Crippen molar-refractivity contribution in [2.75, 3.05) is 7.11 Å². The molecule has 1 heteroatoms. The second-order valence-electron chi connectivity index (χ2n) is 5.86. The third kappa shape index (κ3) is 2.87. The lowest BCUT2D eigenvalue weighted by atomic mass is 9.88. The van der Waals surface area contributed by atoms with E-state index in [4.69, 9.17) is 4.74 Å². The Morgan fingerprint density at radius 2 is 1.50 bits per heavy atom. The average molecular weight is 268 g/mol. The number of methoxy groups -OCH3 is 1. The smallest absolute Gasteiger partial charge is 0.126 e. The van der Waals surface area contributed by atoms with Crippen LogP contribution in [0.5, 0.6) is 5.75 Å². The molecule has 2 aromatic carbocycles. The van der Waals surface area contributed by atoms with Gasteiger partial charge in [-0.2, -0.15) is 0 Å². The summed E-state index contributed by atoms with van der Waals surface area (Å²) in [6.45, 7) is 8.97. The fourth-order valence-corrected chi connectivity index (χ4v) is 2.53. The number of para-hydroxylation sites is 1. The Morgan fingerprint density at radius 1 is 0.800 bits per heavy atom. The van der Waals surface area contributed by atoms with E-state index in [2.05, 4.69) is 58.0 Å². The van der Waals surface area contributed by atoms with Crippen LogP contribution in [-0.2, 0) is 0 Å². The quantitative estimate of drug-likeness (QED) is 0.700. The van der Waals surface area contributed by atoms with E-state index >= 15 is 0 Å². The van der Waals surface area contributed by atoms with Gasteiger partial charge in [0.2, 0.25) is 0 Å². The van der Waals surface area contributed by atoms with Gasteiger partial charge in [-0.3, -0.25) is 0 Å². The summed E-state index contributed by atoms with van der Waals surface area (Å²) in [5.41, 5.74) is 5.24. The molecule has 20 heavy (non-hydrogen) atoms. The van der Waals surface area contributed by atoms with Gasteiger partial charge in [0.15, 0.2) is 0 Å². The highest BCUT2D eigenvalue weighted by Crippen LogP contribution is 2.36. The van der Waals surface area contributed by atoms with E-state index in [1.54, 1.807) is 7.11 Å². The molecule has 2 aromatic rings. The van der Waals surface area contributed by atoms with Gasteiger partial charge >= 0.3 is 0 Å². The van der Waals surface area contributed by atoms with Gasteiger partial charge in [0.1, 0.15) is 5.75 Å². The number of rotatable bonds is 4. The number of hydrogen-bond donors (Lipinski definition) is 0. The van der Waals surface area contributed by atoms with Crippen LogP contribution in [-0.4, -0.2) is 7.11 Å². The van der Waals surface area contributed by atoms with Crippen molar-refractivity contribution in [3.05, 3.63) is 53.6 Å². The summed E-state index contributed by atoms with van der Waals surface area (Å²) in [5, 5.41) is 0. The minimum atomic E-state index is 0.494. The van der Waals surface area contributed by atoms with Gasteiger partial charge in [0.05, 0.1) is 7.11 Å². The normalized spacial score (nSPS) is 11.2. The Labute approximate surface area is 122 Å². The van der Waals surface area contributed by atoms with Crippen LogP contribution in [0, 0.1) is 0 Å². The molecule has 0 radical (unpaired) electrons. The summed E-state index contributed by atoms with van der Waals surface area (Å²) in [6.07, 6.45) is 0. The van der Waals surface area contributed by atoms with Crippen LogP contribution in [0.15, 0.2) is 42.5 Å². The van der Waals surface area contributed by atoms with E-state index in [9.17, 15) is 0 Å². The van der Waals surface area contributed by atoms with Gasteiger partial charge in [-0.15, -0.1) is 0 Å². The Morgan fingerprint density at radius 3 is 2.10 bits per heavy atom. The van der Waals surface area contributed by atoms with E-state index in [0.29, 0.717) is 11.8 Å². The minimum absolute atomic E-state index is 0.494. The average Bonchev–Trinajstić information content (AvgIpc) is 2.46. The number of ether oxygens (including phenoxy) is 1. The van der Waals surface area contributed by atoms with Gasteiger partial charge in [0, 0.05) is 5.56 Å². The molecule has 2 rings (SSSR count). The zero-order chi connectivity index (χ0) is 14.7. The SMILES string of the molecule is COc1ccccc1-c1ccc(C(C)C)cc1C(C)C. The fraction of sp³-hybridized carbons (Fsp3) is 0.368. The summed E-state index contributed by atoms with van der Waals surface area (Å²) in [7, 11) is 1.73. The van der Waals surface area contributed by atoms with Crippen molar-refractivity contribution < 1.29 is 4.74 Å². The molecular formula is C19H24O. The Hall–Kier alpha value is -1.76. The van der Waals surface area contributed by atoms with Crippen molar-refractivity contribution in [1.29, 1.82) is 0 Å². The molecule has 0 spiro atoms. The maximum atomic E-state index is 5.51. The van der Waals surface area contributed by atoms with Gasteiger partial charge in [-0.25, -0.2) is 0 Å². The van der Waals surface area contributed by atoms with Gasteiger partial charge < -0.3 is 4.74 Å². The molecule has 0 saturated heterocycles. The molecular weight excluding hydrogens is 244 g/mol. The molecule has 106 valence electrons. The molecule has 0 unspecified atom stereocenters. The van der Waals surface area contributed by atoms with Crippen LogP contribution in [0.25, 0.3) is 11.1 Å². The number of hydrogen-bond acceptors (Lipinski definition) is 1. The molecule has 0 N–H and O–H groups in total. The summed E-state index contributed by atoms with van der Waals surface area (Å²) < 4.78 is 5.51. The first-order valence-electron chi connectivity index (χ1n) is 7.31. The summed E-state index contributed by atoms with van der Waals surface area (Å²) >= 11 is 0. The first kappa shape index (κ1) is 14.6. The van der Waals surface area contributed by atoms with Crippen LogP contribution in [0.1, 0.15) is 50.7 Å². The maximum Gasteiger partial charge on any atom is 0.126 e. The highest BCUT2D eigenvalue weighted by atomic mass is 16.5. The molecule has 0 saturated carbocycles. The summed E-state index contributed by atoms with van der Waals surface area (Å²) in [6, 6.07) is 15.1. The van der Waals surface area contributed by atoms with E-state index < -0.39 is 0 Å². The van der Waals surface area contributed by atoms with Gasteiger partial charge in [-0.1, -0.05) is 64.1 Å². The van der Waals surface area contributed by atoms with Crippen molar-refractivity contribution in [2.45, 2.75) is 39.5 Å². The zero-order valence-electron chi connectivity index (χ0n) is 13.1. The highest BCUT2D eigenvalue weighted by Gasteiger charge is 2.13. The first-order chi connectivity index (χ1) is 9.54. The first-order valence-corrected chi connectivity index (χ1v) is 7.31. The molecule has 0 bridgehead atoms. The fourth-order valence-electron chi connectivity index (χ4n) is 2.53. The molecule has 0 aliphatic rings. The van der Waals surface area contributed by atoms with Crippen molar-refractivity contribution in [2.24, 2.45) is 0 Å². The molecule has 0 atom stereocenters. The van der Waals surface area contributed by atoms with E-state index in [0.717, 1.165) is 5.75 Å². The van der Waals surface area contributed by atoms with Gasteiger partial charge in [0.25, 0.3) is 0 Å². The summed E-state index contributed by atoms with van der Waals surface area (Å²) in [5.74, 6) is 1.99. The topological polar surface area (TPSA) is 9.23 Å². The number of benzene rings is 2. The predicted molar refractivity (Wildman–Crippen MR) is 86.6 cm³/mol. The van der Waals surface area contributed by atoms with E-state index in [1.807, 2.05) is 12.1 Å². The van der Waals surface area contributed by atoms with Crippen LogP contribution in [0.2, 0.25) is 0 Å². The molecule has 1 nitrogen and oxygen atoms in total. The van der Waals surface area contributed by atoms with Crippen LogP contribution in [0.3, 0.4) is 0 Å². The Balaban J connectivity index is 2.61. The van der Waals surface area contributed by atoms with Crippen LogP contribution < -0.4 is 4.74 Å². The van der Waals surface area contributed by atoms with E-state index in [1.165, 1.54) is 22.3 Å². The molecule has 0 amide bonds. The molecule has 0 aromatic heterocycles. The predicted octanol–water partition coefficient (Wildman–Crippen LogP) is 5.61. The van der Waals surface area contributed by atoms with Gasteiger partial charge in [-0.05, 0) is 34.6 Å². The second-order valence-corrected chi connectivity index (χ2v) is 5.86. The largest absolute Gasteiger partial charge is 0.496 e. The monoisotopic (exact) mass is 268 g/mol. The highest BCUT2D eigenvalue weighted by molar-refractivity contribution is 5.74. The van der Waals surface area contributed by atoms with Crippen LogP contribution in [0.4, 0.5) is 0 Å². The molecule has 0 fully saturated rings. The molecule has 0 aliphatic carbocycles. The molecule has 0 heterocycles. The lowest BCUT2D eigenvalue weighted by molar-refractivity contribution is 0.416. The lowest BCUT2D eigenvalue weighted by Gasteiger charge is -2.18. The zero-order valence-corrected chi connectivity index (χ0v) is 13.1. The third-order valence-corrected chi connectivity index (χ3v) is 3.76. The van der Waals surface area contributed by atoms with E-state index in [-0.39, 0.29) is 0 Å². The summed E-state index contributed by atoms with van der Waals surface area (Å²) in [4.78, 5) is 0. The molecule has 0 aliphatic heterocycles.